The van der Waals surface area contributed by atoms with E-state index in [1.165, 1.54) is 107 Å². The Labute approximate surface area is 232 Å². The predicted molar refractivity (Wildman–Crippen MR) is 164 cm³/mol. The Morgan fingerprint density at radius 1 is 0.892 bits per heavy atom. The van der Waals surface area contributed by atoms with Crippen LogP contribution in [0.25, 0.3) is 0 Å². The van der Waals surface area contributed by atoms with E-state index in [-0.39, 0.29) is 12.0 Å². The van der Waals surface area contributed by atoms with Crippen LogP contribution in [-0.4, -0.2) is 17.8 Å². The summed E-state index contributed by atoms with van der Waals surface area (Å²) >= 11 is 0. The molecule has 4 unspecified atom stereocenters. The van der Waals surface area contributed by atoms with Gasteiger partial charge >= 0.3 is 0 Å². The normalized spacial score (nSPS) is 20.2. The molecule has 0 heterocycles. The van der Waals surface area contributed by atoms with Crippen molar-refractivity contribution < 1.29 is 9.84 Å². The van der Waals surface area contributed by atoms with Gasteiger partial charge in [-0.05, 0) is 81.4 Å². The van der Waals surface area contributed by atoms with E-state index in [9.17, 15) is 5.11 Å². The summed E-state index contributed by atoms with van der Waals surface area (Å²) in [4.78, 5) is 0. The zero-order valence-corrected chi connectivity index (χ0v) is 26.0. The highest BCUT2D eigenvalue weighted by atomic mass is 16.5. The van der Waals surface area contributed by atoms with Crippen molar-refractivity contribution in [3.05, 3.63) is 34.6 Å². The second kappa shape index (κ2) is 20.9. The Morgan fingerprint density at radius 3 is 2.22 bits per heavy atom. The Bertz CT molecular complexity index is 671. The zero-order chi connectivity index (χ0) is 27.5. The highest BCUT2D eigenvalue weighted by Gasteiger charge is 2.26. The number of allylic oxidation sites excluding steroid dienone is 3. The van der Waals surface area contributed by atoms with Crippen molar-refractivity contribution in [1.82, 2.24) is 0 Å². The number of aliphatic hydroxyl groups is 1. The molecular weight excluding hydrogens is 452 g/mol. The molecule has 4 atom stereocenters. The van der Waals surface area contributed by atoms with E-state index >= 15 is 0 Å². The standard InChI is InChI=1S/C35H64O2/c1-8-10-12-13-14-16-26-37-35-32(7)31(6)34(36)27-33(35)25-24-30(5)23-18-22-29(4)21-17-20-28(3)19-15-11-9-2/h19,27,29-31,34,36H,8-18,20-26H2,1-7H3/b28-19+. The maximum Gasteiger partial charge on any atom is 0.121 e. The highest BCUT2D eigenvalue weighted by Crippen LogP contribution is 2.34. The van der Waals surface area contributed by atoms with E-state index in [2.05, 4.69) is 60.6 Å². The summed E-state index contributed by atoms with van der Waals surface area (Å²) in [5, 5.41) is 10.6. The molecule has 1 aliphatic rings. The predicted octanol–water partition coefficient (Wildman–Crippen LogP) is 11.1. The van der Waals surface area contributed by atoms with Gasteiger partial charge in [-0.15, -0.1) is 0 Å². The number of ether oxygens (including phenoxy) is 1. The van der Waals surface area contributed by atoms with Crippen molar-refractivity contribution in [3.8, 4) is 0 Å². The van der Waals surface area contributed by atoms with Crippen molar-refractivity contribution in [2.24, 2.45) is 17.8 Å². The van der Waals surface area contributed by atoms with Gasteiger partial charge in [-0.25, -0.2) is 0 Å². The number of hydrogen-bond donors (Lipinski definition) is 1. The van der Waals surface area contributed by atoms with Gasteiger partial charge in [0.15, 0.2) is 0 Å². The lowest BCUT2D eigenvalue weighted by atomic mass is 9.84. The van der Waals surface area contributed by atoms with Crippen LogP contribution >= 0.6 is 0 Å². The van der Waals surface area contributed by atoms with Crippen molar-refractivity contribution in [3.63, 3.8) is 0 Å². The van der Waals surface area contributed by atoms with Crippen LogP contribution in [0.3, 0.4) is 0 Å². The first kappa shape index (κ1) is 34.0. The quantitative estimate of drug-likeness (QED) is 0.114. The van der Waals surface area contributed by atoms with Crippen LogP contribution in [0, 0.1) is 17.8 Å². The molecule has 0 aliphatic heterocycles. The van der Waals surface area contributed by atoms with Crippen LogP contribution in [0.15, 0.2) is 34.6 Å². The lowest BCUT2D eigenvalue weighted by molar-refractivity contribution is 0.154. The third kappa shape index (κ3) is 15.2. The first-order valence-electron chi connectivity index (χ1n) is 16.2. The number of hydrogen-bond acceptors (Lipinski definition) is 2. The third-order valence-corrected chi connectivity index (χ3v) is 8.58. The van der Waals surface area contributed by atoms with E-state index in [1.807, 2.05) is 0 Å². The molecule has 0 amide bonds. The topological polar surface area (TPSA) is 29.5 Å². The summed E-state index contributed by atoms with van der Waals surface area (Å²) in [7, 11) is 0. The van der Waals surface area contributed by atoms with Gasteiger partial charge in [0, 0.05) is 5.92 Å². The minimum atomic E-state index is -0.377. The van der Waals surface area contributed by atoms with Crippen LogP contribution in [0.4, 0.5) is 0 Å². The monoisotopic (exact) mass is 516 g/mol. The van der Waals surface area contributed by atoms with Gasteiger partial charge in [-0.2, -0.15) is 0 Å². The fourth-order valence-corrected chi connectivity index (χ4v) is 5.49. The average Bonchev–Trinajstić information content (AvgIpc) is 2.87. The molecule has 1 N–H and O–H groups in total. The number of rotatable bonds is 22. The zero-order valence-electron chi connectivity index (χ0n) is 26.0. The summed E-state index contributed by atoms with van der Waals surface area (Å²) in [6, 6.07) is 0. The third-order valence-electron chi connectivity index (χ3n) is 8.58. The first-order valence-corrected chi connectivity index (χ1v) is 16.2. The molecule has 0 aromatic rings. The average molecular weight is 517 g/mol. The Hall–Kier alpha value is -1.02. The molecule has 216 valence electrons. The maximum atomic E-state index is 10.6. The van der Waals surface area contributed by atoms with Crippen LogP contribution < -0.4 is 0 Å². The molecule has 1 aliphatic carbocycles. The molecule has 1 rings (SSSR count). The van der Waals surface area contributed by atoms with Gasteiger partial charge in [0.2, 0.25) is 0 Å². The lowest BCUT2D eigenvalue weighted by Gasteiger charge is -2.29. The first-order chi connectivity index (χ1) is 17.8. The fourth-order valence-electron chi connectivity index (χ4n) is 5.49. The van der Waals surface area contributed by atoms with Crippen molar-refractivity contribution in [1.29, 1.82) is 0 Å². The van der Waals surface area contributed by atoms with Crippen LogP contribution in [-0.2, 0) is 4.74 Å². The second-order valence-corrected chi connectivity index (χ2v) is 12.4. The fraction of sp³-hybridized carbons (Fsp3) is 0.829. The van der Waals surface area contributed by atoms with Crippen LogP contribution in [0.2, 0.25) is 0 Å². The van der Waals surface area contributed by atoms with E-state index in [4.69, 9.17) is 4.74 Å². The molecule has 0 radical (unpaired) electrons. The van der Waals surface area contributed by atoms with Gasteiger partial charge in [0.1, 0.15) is 5.76 Å². The summed E-state index contributed by atoms with van der Waals surface area (Å²) < 4.78 is 6.36. The molecule has 2 nitrogen and oxygen atoms in total. The maximum absolute atomic E-state index is 10.6. The Morgan fingerprint density at radius 2 is 1.51 bits per heavy atom. The summed E-state index contributed by atoms with van der Waals surface area (Å²) in [6.45, 7) is 16.8. The lowest BCUT2D eigenvalue weighted by Crippen LogP contribution is -2.23. The van der Waals surface area contributed by atoms with Gasteiger partial charge in [0.05, 0.1) is 12.7 Å². The molecule has 0 fully saturated rings. The smallest absolute Gasteiger partial charge is 0.121 e. The number of unbranched alkanes of at least 4 members (excludes halogenated alkanes) is 7. The highest BCUT2D eigenvalue weighted by molar-refractivity contribution is 5.37. The van der Waals surface area contributed by atoms with Gasteiger partial charge in [-0.1, -0.05) is 117 Å². The molecular formula is C35H64O2. The molecule has 0 aromatic carbocycles. The molecule has 2 heteroatoms. The minimum Gasteiger partial charge on any atom is -0.493 e. The van der Waals surface area contributed by atoms with Crippen LogP contribution in [0.1, 0.15) is 158 Å². The van der Waals surface area contributed by atoms with Gasteiger partial charge in [0.25, 0.3) is 0 Å². The van der Waals surface area contributed by atoms with E-state index in [0.29, 0.717) is 5.92 Å². The molecule has 0 aromatic heterocycles. The van der Waals surface area contributed by atoms with Crippen LogP contribution in [0.5, 0.6) is 0 Å². The molecule has 0 saturated heterocycles. The molecule has 0 bridgehead atoms. The van der Waals surface area contributed by atoms with E-state index in [1.54, 1.807) is 5.57 Å². The van der Waals surface area contributed by atoms with Gasteiger partial charge < -0.3 is 9.84 Å². The Balaban J connectivity index is 2.35. The van der Waals surface area contributed by atoms with E-state index in [0.717, 1.165) is 31.1 Å². The number of aliphatic hydroxyl groups excluding tert-OH is 1. The Kier molecular flexibility index (Phi) is 19.2. The summed E-state index contributed by atoms with van der Waals surface area (Å²) in [5.41, 5.74) is 4.06. The summed E-state index contributed by atoms with van der Waals surface area (Å²) in [6.07, 6.45) is 25.9. The van der Waals surface area contributed by atoms with Crippen molar-refractivity contribution >= 4 is 0 Å². The minimum absolute atomic E-state index is 0.151. The molecule has 37 heavy (non-hydrogen) atoms. The second-order valence-electron chi connectivity index (χ2n) is 12.4. The van der Waals surface area contributed by atoms with Gasteiger partial charge in [-0.3, -0.25) is 0 Å². The SMILES string of the molecule is CCCC/C=C(\C)CCCC(C)CCCC(C)CCC1=CC(O)C(C)C(C)=C1OCCCCCCCC. The van der Waals surface area contributed by atoms with E-state index < -0.39 is 0 Å². The van der Waals surface area contributed by atoms with Crippen molar-refractivity contribution in [2.45, 2.75) is 164 Å². The summed E-state index contributed by atoms with van der Waals surface area (Å²) in [5.74, 6) is 2.79. The largest absolute Gasteiger partial charge is 0.493 e. The molecule has 0 saturated carbocycles. The molecule has 0 spiro atoms. The van der Waals surface area contributed by atoms with Crippen molar-refractivity contribution in [2.75, 3.05) is 6.61 Å².